The zero-order chi connectivity index (χ0) is 24.0. The van der Waals surface area contributed by atoms with Gasteiger partial charge in [-0.3, -0.25) is 10.1 Å². The van der Waals surface area contributed by atoms with Gasteiger partial charge in [-0.15, -0.1) is 0 Å². The Hall–Kier alpha value is -2.66. The third-order valence-corrected chi connectivity index (χ3v) is 6.17. The van der Waals surface area contributed by atoms with E-state index in [-0.39, 0.29) is 29.3 Å². The van der Waals surface area contributed by atoms with Crippen molar-refractivity contribution in [3.63, 3.8) is 0 Å². The number of sulfonamides is 1. The van der Waals surface area contributed by atoms with E-state index in [2.05, 4.69) is 10.6 Å². The van der Waals surface area contributed by atoms with Gasteiger partial charge in [0, 0.05) is 18.6 Å². The van der Waals surface area contributed by atoms with Gasteiger partial charge in [0.1, 0.15) is 10.6 Å². The number of nitrogens with zero attached hydrogens (tertiary/aromatic N) is 1. The van der Waals surface area contributed by atoms with Crippen molar-refractivity contribution in [2.45, 2.75) is 58.1 Å². The van der Waals surface area contributed by atoms with E-state index in [0.29, 0.717) is 0 Å². The number of hydrogen-bond acceptors (Lipinski definition) is 7. The van der Waals surface area contributed by atoms with Crippen molar-refractivity contribution in [2.24, 2.45) is 0 Å². The highest BCUT2D eigenvalue weighted by Gasteiger charge is 2.28. The van der Waals surface area contributed by atoms with Gasteiger partial charge in [-0.05, 0) is 45.9 Å². The van der Waals surface area contributed by atoms with E-state index in [4.69, 9.17) is 9.47 Å². The highest BCUT2D eigenvalue weighted by atomic mass is 32.2. The van der Waals surface area contributed by atoms with Crippen LogP contribution in [-0.2, 0) is 19.6 Å². The lowest BCUT2D eigenvalue weighted by Crippen LogP contribution is -2.50. The van der Waals surface area contributed by atoms with Crippen LogP contribution in [0.3, 0.4) is 0 Å². The molecule has 1 aromatic rings. The van der Waals surface area contributed by atoms with Gasteiger partial charge in [-0.2, -0.15) is 4.31 Å². The first-order chi connectivity index (χ1) is 14.3. The Bertz CT molecular complexity index is 919. The number of imide groups is 1. The average Bonchev–Trinajstić information content (AvgIpc) is 2.66. The summed E-state index contributed by atoms with van der Waals surface area (Å²) in [5, 5.41) is 4.64. The number of hydrogen-bond donors (Lipinski definition) is 2. The molecule has 11 heteroatoms. The van der Waals surface area contributed by atoms with E-state index < -0.39 is 39.6 Å². The normalized spacial score (nSPS) is 12.8. The zero-order valence-corrected chi connectivity index (χ0v) is 19.8. The smallest absolute Gasteiger partial charge is 0.338 e. The Balaban J connectivity index is 3.04. The van der Waals surface area contributed by atoms with Crippen LogP contribution in [0.25, 0.3) is 0 Å². The predicted molar refractivity (Wildman–Crippen MR) is 114 cm³/mol. The van der Waals surface area contributed by atoms with Crippen molar-refractivity contribution in [1.29, 1.82) is 0 Å². The summed E-state index contributed by atoms with van der Waals surface area (Å²) in [7, 11) is -2.59. The first-order valence-electron chi connectivity index (χ1n) is 9.79. The summed E-state index contributed by atoms with van der Waals surface area (Å²) in [5.41, 5.74) is -0.634. The van der Waals surface area contributed by atoms with Crippen molar-refractivity contribution in [2.75, 3.05) is 20.2 Å². The second-order valence-corrected chi connectivity index (χ2v) is 9.60. The van der Waals surface area contributed by atoms with Crippen LogP contribution in [-0.4, -0.2) is 62.5 Å². The standard InChI is InChI=1S/C20H31N3O7S/c1-8-23(9-2)31(27,28)16-12-14(10-11-15(16)29-7)18(25)30-13(3)17(24)21-19(26)22-20(4,5)6/h10-13H,8-9H2,1-7H3,(H2,21,22,24,26). The topological polar surface area (TPSA) is 131 Å². The Labute approximate surface area is 183 Å². The van der Waals surface area contributed by atoms with Crippen LogP contribution in [0.15, 0.2) is 23.1 Å². The molecular weight excluding hydrogens is 426 g/mol. The maximum absolute atomic E-state index is 12.9. The molecule has 10 nitrogen and oxygen atoms in total. The predicted octanol–water partition coefficient (Wildman–Crippen LogP) is 1.90. The number of amides is 3. The average molecular weight is 458 g/mol. The van der Waals surface area contributed by atoms with Crippen molar-refractivity contribution in [3.8, 4) is 5.75 Å². The molecule has 0 bridgehead atoms. The minimum absolute atomic E-state index is 0.0769. The molecule has 0 aliphatic heterocycles. The highest BCUT2D eigenvalue weighted by Crippen LogP contribution is 2.28. The van der Waals surface area contributed by atoms with Crippen molar-refractivity contribution in [1.82, 2.24) is 14.9 Å². The zero-order valence-electron chi connectivity index (χ0n) is 18.9. The fourth-order valence-corrected chi connectivity index (χ4v) is 4.21. The molecule has 0 saturated carbocycles. The largest absolute Gasteiger partial charge is 0.495 e. The summed E-state index contributed by atoms with van der Waals surface area (Å²) in [6.07, 6.45) is -1.29. The number of ether oxygens (including phenoxy) is 2. The van der Waals surface area contributed by atoms with Gasteiger partial charge in [0.25, 0.3) is 5.91 Å². The Morgan fingerprint density at radius 2 is 1.71 bits per heavy atom. The molecule has 1 rings (SSSR count). The van der Waals surface area contributed by atoms with Crippen molar-refractivity contribution >= 4 is 27.9 Å². The number of rotatable bonds is 8. The van der Waals surface area contributed by atoms with Gasteiger partial charge in [-0.1, -0.05) is 13.8 Å². The molecule has 0 heterocycles. The lowest BCUT2D eigenvalue weighted by atomic mass is 10.1. The quantitative estimate of drug-likeness (QED) is 0.570. The SMILES string of the molecule is CCN(CC)S(=O)(=O)c1cc(C(=O)OC(C)C(=O)NC(=O)NC(C)(C)C)ccc1OC. The summed E-state index contributed by atoms with van der Waals surface area (Å²) in [4.78, 5) is 36.3. The lowest BCUT2D eigenvalue weighted by Gasteiger charge is -2.21. The molecule has 174 valence electrons. The van der Waals surface area contributed by atoms with Crippen LogP contribution in [0.1, 0.15) is 51.9 Å². The number of carbonyl (C=O) groups is 3. The molecule has 31 heavy (non-hydrogen) atoms. The minimum atomic E-state index is -3.91. The van der Waals surface area contributed by atoms with Gasteiger partial charge >= 0.3 is 12.0 Å². The van der Waals surface area contributed by atoms with Crippen molar-refractivity contribution < 1.29 is 32.3 Å². The number of nitrogens with one attached hydrogen (secondary N) is 2. The Morgan fingerprint density at radius 1 is 1.13 bits per heavy atom. The van der Waals surface area contributed by atoms with Crippen LogP contribution in [0.2, 0.25) is 0 Å². The van der Waals surface area contributed by atoms with Crippen molar-refractivity contribution in [3.05, 3.63) is 23.8 Å². The summed E-state index contributed by atoms with van der Waals surface area (Å²) >= 11 is 0. The first-order valence-corrected chi connectivity index (χ1v) is 11.2. The molecule has 0 spiro atoms. The van der Waals surface area contributed by atoms with Gasteiger partial charge in [-0.25, -0.2) is 18.0 Å². The summed E-state index contributed by atoms with van der Waals surface area (Å²) in [5.74, 6) is -1.66. The summed E-state index contributed by atoms with van der Waals surface area (Å²) in [6, 6.07) is 3.09. The number of esters is 1. The fourth-order valence-electron chi connectivity index (χ4n) is 2.58. The maximum Gasteiger partial charge on any atom is 0.338 e. The van der Waals surface area contributed by atoms with Gasteiger partial charge in [0.2, 0.25) is 10.0 Å². The third-order valence-electron chi connectivity index (χ3n) is 4.10. The monoisotopic (exact) mass is 457 g/mol. The van der Waals surface area contributed by atoms with E-state index in [0.717, 1.165) is 6.07 Å². The molecule has 0 radical (unpaired) electrons. The second kappa shape index (κ2) is 10.6. The summed E-state index contributed by atoms with van der Waals surface area (Å²) < 4.78 is 37.3. The molecular formula is C20H31N3O7S. The van der Waals surface area contributed by atoms with E-state index in [1.165, 1.54) is 30.5 Å². The van der Waals surface area contributed by atoms with E-state index in [9.17, 15) is 22.8 Å². The van der Waals surface area contributed by atoms with E-state index >= 15 is 0 Å². The molecule has 1 atom stereocenters. The molecule has 2 N–H and O–H groups in total. The molecule has 0 aromatic heterocycles. The number of urea groups is 1. The molecule has 1 aromatic carbocycles. The maximum atomic E-state index is 12.9. The van der Waals surface area contributed by atoms with Gasteiger partial charge in [0.15, 0.2) is 6.10 Å². The highest BCUT2D eigenvalue weighted by molar-refractivity contribution is 7.89. The van der Waals surface area contributed by atoms with Crippen LogP contribution in [0.4, 0.5) is 4.79 Å². The minimum Gasteiger partial charge on any atom is -0.495 e. The molecule has 0 fully saturated rings. The van der Waals surface area contributed by atoms with Crippen LogP contribution in [0, 0.1) is 0 Å². The molecule has 0 aliphatic carbocycles. The molecule has 3 amide bonds. The van der Waals surface area contributed by atoms with Crippen LogP contribution < -0.4 is 15.4 Å². The number of methoxy groups -OCH3 is 1. The Morgan fingerprint density at radius 3 is 2.19 bits per heavy atom. The van der Waals surface area contributed by atoms with Gasteiger partial charge < -0.3 is 14.8 Å². The second-order valence-electron chi connectivity index (χ2n) is 7.70. The molecule has 1 unspecified atom stereocenters. The van der Waals surface area contributed by atoms with Gasteiger partial charge in [0.05, 0.1) is 12.7 Å². The third kappa shape index (κ3) is 7.21. The lowest BCUT2D eigenvalue weighted by molar-refractivity contribution is -0.127. The van der Waals surface area contributed by atoms with E-state index in [1.54, 1.807) is 34.6 Å². The van der Waals surface area contributed by atoms with E-state index in [1.807, 2.05) is 0 Å². The Kier molecular flexibility index (Phi) is 9.00. The number of benzene rings is 1. The summed E-state index contributed by atoms with van der Waals surface area (Å²) in [6.45, 7) is 10.4. The number of carbonyl (C=O) groups excluding carboxylic acids is 3. The first kappa shape index (κ1) is 26.4. The van der Waals surface area contributed by atoms with Crippen LogP contribution in [0.5, 0.6) is 5.75 Å². The van der Waals surface area contributed by atoms with Crippen LogP contribution >= 0.6 is 0 Å². The molecule has 0 aliphatic rings. The molecule has 0 saturated heterocycles. The fraction of sp³-hybridized carbons (Fsp3) is 0.550.